The number of nitrogens with zero attached hydrogens (tertiary/aromatic N) is 3. The van der Waals surface area contributed by atoms with Gasteiger partial charge in [0.25, 0.3) is 0 Å². The van der Waals surface area contributed by atoms with Crippen LogP contribution in [0.15, 0.2) is 6.20 Å². The molecule has 1 aliphatic rings. The molecule has 3 atom stereocenters. The molecule has 1 fully saturated rings. The van der Waals surface area contributed by atoms with Gasteiger partial charge in [0, 0.05) is 7.05 Å². The van der Waals surface area contributed by atoms with E-state index in [-0.39, 0.29) is 12.1 Å². The van der Waals surface area contributed by atoms with Gasteiger partial charge in [-0.15, -0.1) is 5.10 Å². The first-order chi connectivity index (χ1) is 8.22. The van der Waals surface area contributed by atoms with Crippen LogP contribution < -0.4 is 5.32 Å². The quantitative estimate of drug-likeness (QED) is 0.843. The van der Waals surface area contributed by atoms with Gasteiger partial charge in [0.15, 0.2) is 0 Å². The highest BCUT2D eigenvalue weighted by molar-refractivity contribution is 5.06. The van der Waals surface area contributed by atoms with Crippen molar-refractivity contribution in [3.63, 3.8) is 0 Å². The molecule has 0 aromatic carbocycles. The maximum absolute atomic E-state index is 5.97. The van der Waals surface area contributed by atoms with Gasteiger partial charge < -0.3 is 10.1 Å². The fourth-order valence-corrected chi connectivity index (χ4v) is 2.38. The largest absolute Gasteiger partial charge is 0.373 e. The lowest BCUT2D eigenvalue weighted by Crippen LogP contribution is -2.34. The van der Waals surface area contributed by atoms with Gasteiger partial charge in [-0.05, 0) is 32.7 Å². The van der Waals surface area contributed by atoms with Crippen molar-refractivity contribution in [3.8, 4) is 0 Å². The summed E-state index contributed by atoms with van der Waals surface area (Å²) in [5, 5.41) is 11.5. The predicted molar refractivity (Wildman–Crippen MR) is 65.6 cm³/mol. The zero-order valence-corrected chi connectivity index (χ0v) is 10.9. The van der Waals surface area contributed by atoms with Crippen LogP contribution in [0.1, 0.15) is 44.8 Å². The number of ether oxygens (including phenoxy) is 1. The van der Waals surface area contributed by atoms with Crippen molar-refractivity contribution in [1.29, 1.82) is 0 Å². The number of aryl methyl sites for hydroxylation is 1. The Labute approximate surface area is 103 Å². The molecule has 2 heterocycles. The highest BCUT2D eigenvalue weighted by Crippen LogP contribution is 2.29. The number of rotatable bonds is 5. The van der Waals surface area contributed by atoms with Crippen LogP contribution in [0, 0.1) is 0 Å². The molecular weight excluding hydrogens is 216 g/mol. The SMILES string of the molecule is CCCNC(c1cnnn1C)C1CCC(C)O1. The van der Waals surface area contributed by atoms with Crippen LogP contribution in [-0.4, -0.2) is 33.7 Å². The molecule has 0 bridgehead atoms. The maximum Gasteiger partial charge on any atom is 0.0790 e. The summed E-state index contributed by atoms with van der Waals surface area (Å²) < 4.78 is 7.80. The van der Waals surface area contributed by atoms with E-state index >= 15 is 0 Å². The van der Waals surface area contributed by atoms with E-state index in [0.717, 1.165) is 31.5 Å². The first-order valence-electron chi connectivity index (χ1n) is 6.45. The van der Waals surface area contributed by atoms with Gasteiger partial charge in [-0.1, -0.05) is 12.1 Å². The third kappa shape index (κ3) is 2.84. The Balaban J connectivity index is 2.10. The van der Waals surface area contributed by atoms with Gasteiger partial charge in [-0.2, -0.15) is 0 Å². The Bertz CT molecular complexity index is 352. The Morgan fingerprint density at radius 3 is 2.94 bits per heavy atom. The second-order valence-corrected chi connectivity index (χ2v) is 4.78. The Morgan fingerprint density at radius 1 is 1.59 bits per heavy atom. The van der Waals surface area contributed by atoms with Crippen LogP contribution in [-0.2, 0) is 11.8 Å². The van der Waals surface area contributed by atoms with Crippen molar-refractivity contribution in [1.82, 2.24) is 20.3 Å². The van der Waals surface area contributed by atoms with Crippen molar-refractivity contribution in [2.75, 3.05) is 6.54 Å². The van der Waals surface area contributed by atoms with Crippen molar-refractivity contribution >= 4 is 0 Å². The van der Waals surface area contributed by atoms with E-state index < -0.39 is 0 Å². The molecule has 5 nitrogen and oxygen atoms in total. The van der Waals surface area contributed by atoms with Crippen LogP contribution in [0.2, 0.25) is 0 Å². The third-order valence-electron chi connectivity index (χ3n) is 3.32. The van der Waals surface area contributed by atoms with Gasteiger partial charge in [0.1, 0.15) is 0 Å². The minimum absolute atomic E-state index is 0.208. The second kappa shape index (κ2) is 5.60. The second-order valence-electron chi connectivity index (χ2n) is 4.78. The molecule has 0 spiro atoms. The summed E-state index contributed by atoms with van der Waals surface area (Å²) >= 11 is 0. The number of hydrogen-bond donors (Lipinski definition) is 1. The number of aromatic nitrogens is 3. The average Bonchev–Trinajstić information content (AvgIpc) is 2.90. The zero-order valence-electron chi connectivity index (χ0n) is 10.9. The van der Waals surface area contributed by atoms with Gasteiger partial charge in [0.05, 0.1) is 30.1 Å². The topological polar surface area (TPSA) is 52.0 Å². The molecule has 96 valence electrons. The summed E-state index contributed by atoms with van der Waals surface area (Å²) in [6, 6.07) is 0.208. The fourth-order valence-electron chi connectivity index (χ4n) is 2.38. The van der Waals surface area contributed by atoms with E-state index in [1.165, 1.54) is 0 Å². The first-order valence-corrected chi connectivity index (χ1v) is 6.45. The lowest BCUT2D eigenvalue weighted by molar-refractivity contribution is 0.0298. The highest BCUT2D eigenvalue weighted by Gasteiger charge is 2.32. The minimum Gasteiger partial charge on any atom is -0.373 e. The van der Waals surface area contributed by atoms with Gasteiger partial charge >= 0.3 is 0 Å². The molecule has 1 saturated heterocycles. The summed E-state index contributed by atoms with van der Waals surface area (Å²) in [6.45, 7) is 5.30. The van der Waals surface area contributed by atoms with Crippen LogP contribution in [0.4, 0.5) is 0 Å². The third-order valence-corrected chi connectivity index (χ3v) is 3.32. The zero-order chi connectivity index (χ0) is 12.3. The molecule has 1 aromatic rings. The van der Waals surface area contributed by atoms with Gasteiger partial charge in [-0.25, -0.2) is 0 Å². The number of nitrogens with one attached hydrogen (secondary N) is 1. The summed E-state index contributed by atoms with van der Waals surface area (Å²) in [6.07, 6.45) is 5.80. The molecule has 1 aliphatic heterocycles. The molecule has 0 amide bonds. The molecule has 1 aromatic heterocycles. The molecular formula is C12H22N4O. The van der Waals surface area contributed by atoms with Crippen LogP contribution in [0.5, 0.6) is 0 Å². The Kier molecular flexibility index (Phi) is 4.12. The molecule has 1 N–H and O–H groups in total. The smallest absolute Gasteiger partial charge is 0.0790 e. The summed E-state index contributed by atoms with van der Waals surface area (Å²) in [5.74, 6) is 0. The van der Waals surface area contributed by atoms with E-state index in [2.05, 4.69) is 29.5 Å². The van der Waals surface area contributed by atoms with Gasteiger partial charge in [0.2, 0.25) is 0 Å². The van der Waals surface area contributed by atoms with Gasteiger partial charge in [-0.3, -0.25) is 4.68 Å². The molecule has 3 unspecified atom stereocenters. The number of hydrogen-bond acceptors (Lipinski definition) is 4. The fraction of sp³-hybridized carbons (Fsp3) is 0.833. The summed E-state index contributed by atoms with van der Waals surface area (Å²) in [4.78, 5) is 0. The summed E-state index contributed by atoms with van der Waals surface area (Å²) in [5.41, 5.74) is 1.11. The van der Waals surface area contributed by atoms with E-state index in [9.17, 15) is 0 Å². The molecule has 2 rings (SSSR count). The van der Waals surface area contributed by atoms with Crippen molar-refractivity contribution < 1.29 is 4.74 Å². The Hall–Kier alpha value is -0.940. The standard InChI is InChI=1S/C12H22N4O/c1-4-7-13-12(10-8-14-15-16(10)3)11-6-5-9(2)17-11/h8-9,11-13H,4-7H2,1-3H3. The monoisotopic (exact) mass is 238 g/mol. The molecule has 5 heteroatoms. The summed E-state index contributed by atoms with van der Waals surface area (Å²) in [7, 11) is 1.93. The first kappa shape index (κ1) is 12.5. The molecule has 0 aliphatic carbocycles. The van der Waals surface area contributed by atoms with Crippen LogP contribution >= 0.6 is 0 Å². The van der Waals surface area contributed by atoms with Crippen LogP contribution in [0.3, 0.4) is 0 Å². The van der Waals surface area contributed by atoms with Crippen LogP contribution in [0.25, 0.3) is 0 Å². The van der Waals surface area contributed by atoms with Crippen molar-refractivity contribution in [3.05, 3.63) is 11.9 Å². The normalized spacial score (nSPS) is 26.3. The average molecular weight is 238 g/mol. The minimum atomic E-state index is 0.208. The van der Waals surface area contributed by atoms with Crippen molar-refractivity contribution in [2.24, 2.45) is 7.05 Å². The van der Waals surface area contributed by atoms with E-state index in [4.69, 9.17) is 4.74 Å². The predicted octanol–water partition coefficient (Wildman–Crippen LogP) is 1.42. The van der Waals surface area contributed by atoms with E-state index in [1.807, 2.05) is 17.9 Å². The lowest BCUT2D eigenvalue weighted by atomic mass is 10.0. The van der Waals surface area contributed by atoms with E-state index in [1.54, 1.807) is 0 Å². The molecule has 0 radical (unpaired) electrons. The van der Waals surface area contributed by atoms with E-state index in [0.29, 0.717) is 6.10 Å². The Morgan fingerprint density at radius 2 is 2.41 bits per heavy atom. The maximum atomic E-state index is 5.97. The lowest BCUT2D eigenvalue weighted by Gasteiger charge is -2.24. The molecule has 17 heavy (non-hydrogen) atoms. The van der Waals surface area contributed by atoms with Crippen molar-refractivity contribution in [2.45, 2.75) is 51.4 Å². The molecule has 0 saturated carbocycles. The highest BCUT2D eigenvalue weighted by atomic mass is 16.5.